The first-order chi connectivity index (χ1) is 31.6. The first kappa shape index (κ1) is 45.3. The van der Waals surface area contributed by atoms with Crippen LogP contribution in [0.5, 0.6) is 11.5 Å². The second kappa shape index (κ2) is 18.7. The average Bonchev–Trinajstić information content (AvgIpc) is 3.89. The van der Waals surface area contributed by atoms with Gasteiger partial charge in [-0.15, -0.1) is 0 Å². The number of amides is 2. The zero-order valence-corrected chi connectivity index (χ0v) is 37.0. The highest BCUT2D eigenvalue weighted by molar-refractivity contribution is 6.00. The third kappa shape index (κ3) is 9.42. The van der Waals surface area contributed by atoms with Gasteiger partial charge in [-0.25, -0.2) is 5.01 Å². The Kier molecular flexibility index (Phi) is 12.8. The van der Waals surface area contributed by atoms with E-state index in [2.05, 4.69) is 15.6 Å². The van der Waals surface area contributed by atoms with Crippen molar-refractivity contribution in [2.24, 2.45) is 0 Å². The van der Waals surface area contributed by atoms with E-state index in [1.807, 2.05) is 32.0 Å². The van der Waals surface area contributed by atoms with E-state index < -0.39 is 40.3 Å². The average molecular weight is 911 g/mol. The van der Waals surface area contributed by atoms with Crippen LogP contribution in [-0.2, 0) is 22.4 Å². The van der Waals surface area contributed by atoms with Gasteiger partial charge in [-0.2, -0.15) is 13.2 Å². The topological polar surface area (TPSA) is 159 Å². The number of anilines is 2. The Balaban J connectivity index is 1.14. The van der Waals surface area contributed by atoms with E-state index in [1.54, 1.807) is 95.2 Å². The largest absolute Gasteiger partial charge is 0.488 e. The molecular formula is C47H49F3N8O8. The summed E-state index contributed by atoms with van der Waals surface area (Å²) in [5, 5.41) is 17.9. The van der Waals surface area contributed by atoms with Crippen LogP contribution in [0, 0.1) is 37.8 Å². The zero-order valence-electron chi connectivity index (χ0n) is 37.0. The maximum absolute atomic E-state index is 15.5. The highest BCUT2D eigenvalue weighted by atomic mass is 19.4. The molecule has 0 spiro atoms. The molecular weight excluding hydrogens is 862 g/mol. The summed E-state index contributed by atoms with van der Waals surface area (Å²) in [6.45, 7) is 10.4. The molecule has 8 rings (SSSR count). The number of rotatable bonds is 12. The number of para-hydroxylation sites is 1. The summed E-state index contributed by atoms with van der Waals surface area (Å²) in [4.78, 5) is 54.1. The van der Waals surface area contributed by atoms with E-state index in [-0.39, 0.29) is 63.2 Å². The van der Waals surface area contributed by atoms with Gasteiger partial charge in [0, 0.05) is 51.0 Å². The Bertz CT molecular complexity index is 2640. The molecule has 0 saturated carbocycles. The molecule has 0 aliphatic carbocycles. The second-order valence-corrected chi connectivity index (χ2v) is 16.5. The first-order valence-corrected chi connectivity index (χ1v) is 21.3. The van der Waals surface area contributed by atoms with Crippen molar-refractivity contribution in [1.29, 1.82) is 0 Å². The Labute approximate surface area is 378 Å². The third-order valence-electron chi connectivity index (χ3n) is 12.3. The molecule has 19 heteroatoms. The summed E-state index contributed by atoms with van der Waals surface area (Å²) >= 11 is 0. The number of alkyl halides is 3. The number of hydrogen-bond acceptors (Lipinski definition) is 13. The smallest absolute Gasteiger partial charge is 0.416 e. The fourth-order valence-corrected chi connectivity index (χ4v) is 8.57. The third-order valence-corrected chi connectivity index (χ3v) is 12.3. The number of aromatic nitrogens is 1. The van der Waals surface area contributed by atoms with Crippen molar-refractivity contribution >= 4 is 28.9 Å². The predicted molar refractivity (Wildman–Crippen MR) is 236 cm³/mol. The Morgan fingerprint density at radius 2 is 1.59 bits per heavy atom. The van der Waals surface area contributed by atoms with Crippen molar-refractivity contribution < 1.29 is 46.5 Å². The van der Waals surface area contributed by atoms with Crippen LogP contribution in [-0.4, -0.2) is 88.7 Å². The second-order valence-electron chi connectivity index (χ2n) is 16.5. The van der Waals surface area contributed by atoms with Crippen LogP contribution in [0.3, 0.4) is 0 Å². The molecule has 2 atom stereocenters. The van der Waals surface area contributed by atoms with E-state index in [0.29, 0.717) is 46.9 Å². The lowest BCUT2D eigenvalue weighted by atomic mass is 9.98. The number of ether oxygens (including phenoxy) is 2. The van der Waals surface area contributed by atoms with Gasteiger partial charge < -0.3 is 38.4 Å². The number of aryl methyl sites for hydroxylation is 3. The summed E-state index contributed by atoms with van der Waals surface area (Å²) < 4.78 is 58.8. The molecule has 2 unspecified atom stereocenters. The molecule has 4 aromatic carbocycles. The fraction of sp³-hybridized carbons (Fsp3) is 0.340. The van der Waals surface area contributed by atoms with Gasteiger partial charge in [-0.05, 0) is 93.8 Å². The summed E-state index contributed by atoms with van der Waals surface area (Å²) in [6, 6.07) is 20.5. The number of hydrogen-bond donors (Lipinski definition) is 1. The van der Waals surface area contributed by atoms with Crippen molar-refractivity contribution in [3.63, 3.8) is 0 Å². The minimum Gasteiger partial charge on any atom is -0.488 e. The van der Waals surface area contributed by atoms with E-state index in [9.17, 15) is 28.1 Å². The molecule has 3 aliphatic heterocycles. The number of nitrogens with zero attached hydrogens (tertiary/aromatic N) is 7. The van der Waals surface area contributed by atoms with E-state index in [1.165, 1.54) is 0 Å². The van der Waals surface area contributed by atoms with E-state index >= 15 is 4.79 Å². The number of nitro groups is 1. The van der Waals surface area contributed by atoms with Crippen LogP contribution >= 0.6 is 0 Å². The molecule has 16 nitrogen and oxygen atoms in total. The molecule has 3 aliphatic rings. The molecule has 0 bridgehead atoms. The molecule has 66 heavy (non-hydrogen) atoms. The summed E-state index contributed by atoms with van der Waals surface area (Å²) in [5.74, 6) is 1.26. The van der Waals surface area contributed by atoms with Gasteiger partial charge >= 0.3 is 6.18 Å². The van der Waals surface area contributed by atoms with Crippen LogP contribution in [0.25, 0.3) is 0 Å². The monoisotopic (exact) mass is 910 g/mol. The predicted octanol–water partition coefficient (Wildman–Crippen LogP) is 7.78. The van der Waals surface area contributed by atoms with Crippen molar-refractivity contribution in [2.45, 2.75) is 59.5 Å². The molecule has 2 saturated heterocycles. The molecule has 2 fully saturated rings. The summed E-state index contributed by atoms with van der Waals surface area (Å²) in [6.07, 6.45) is -3.08. The van der Waals surface area contributed by atoms with Crippen molar-refractivity contribution in [1.82, 2.24) is 25.6 Å². The molecule has 0 radical (unpaired) electrons. The number of nitro benzene ring substituents is 1. The Hall–Kier alpha value is -7.28. The minimum absolute atomic E-state index is 0.0162. The van der Waals surface area contributed by atoms with Gasteiger partial charge in [0.15, 0.2) is 6.73 Å². The maximum atomic E-state index is 15.5. The number of carbonyl (C=O) groups excluding carboxylic acids is 2. The Morgan fingerprint density at radius 1 is 0.864 bits per heavy atom. The van der Waals surface area contributed by atoms with Crippen molar-refractivity contribution in [3.8, 4) is 11.5 Å². The van der Waals surface area contributed by atoms with Crippen molar-refractivity contribution in [3.05, 3.63) is 152 Å². The highest BCUT2D eigenvalue weighted by Gasteiger charge is 2.43. The quantitative estimate of drug-likeness (QED) is 0.0956. The van der Waals surface area contributed by atoms with Crippen LogP contribution in [0.2, 0.25) is 0 Å². The number of allylic oxidation sites excluding steroid dienone is 1. The van der Waals surface area contributed by atoms with Gasteiger partial charge in [0.25, 0.3) is 11.6 Å². The highest BCUT2D eigenvalue weighted by Crippen LogP contribution is 2.40. The van der Waals surface area contributed by atoms with Crippen LogP contribution in [0.1, 0.15) is 62.6 Å². The lowest BCUT2D eigenvalue weighted by Gasteiger charge is -2.47. The van der Waals surface area contributed by atoms with Gasteiger partial charge in [-0.3, -0.25) is 19.7 Å². The summed E-state index contributed by atoms with van der Waals surface area (Å²) in [7, 11) is 0. The number of halogens is 3. The van der Waals surface area contributed by atoms with Crippen LogP contribution in [0.15, 0.2) is 101 Å². The molecule has 2 amide bonds. The minimum atomic E-state index is -4.80. The van der Waals surface area contributed by atoms with Gasteiger partial charge in [0.1, 0.15) is 41.4 Å². The number of carbonyl (C=O) groups is 2. The normalized spacial score (nSPS) is 17.7. The van der Waals surface area contributed by atoms with Crippen LogP contribution < -0.4 is 24.9 Å². The van der Waals surface area contributed by atoms with E-state index in [0.717, 1.165) is 34.5 Å². The molecule has 1 aromatic heterocycles. The lowest BCUT2D eigenvalue weighted by Crippen LogP contribution is -2.63. The SMILES string of the molecule is CC1=CN(COc2ccc(C3CN(c4ccc(C(F)(F)F)cc4[N+](=O)[O-])CCN3C(=O)C3CN(c4cccc(C)c4C)CCN3C(=O)c3ccccc3OCc3c(C)noc3C)cc2)NO1. The molecule has 5 aromatic rings. The molecule has 346 valence electrons. The van der Waals surface area contributed by atoms with Gasteiger partial charge in [0.2, 0.25) is 5.91 Å². The van der Waals surface area contributed by atoms with Gasteiger partial charge in [-0.1, -0.05) is 47.1 Å². The standard InChI is InChI=1S/C47H49F3N8O8/c1-29-9-8-11-39(31(29)3)53-19-22-57(45(59)37-10-6-7-12-44(37)63-27-38-32(4)51-66-33(38)5)43(26-53)46(60)56-21-20-54(40-18-15-35(47(48,49)50)23-41(40)58(61)62)25-42(56)34-13-16-36(17-14-34)64-28-55-24-30(2)65-52-55/h6-18,23-24,42-43,52H,19-22,25-28H2,1-5H3. The fourth-order valence-electron chi connectivity index (χ4n) is 8.57. The first-order valence-electron chi connectivity index (χ1n) is 21.3. The van der Waals surface area contributed by atoms with E-state index in [4.69, 9.17) is 18.8 Å². The maximum Gasteiger partial charge on any atom is 0.416 e. The number of hydrazine groups is 1. The Morgan fingerprint density at radius 3 is 2.27 bits per heavy atom. The van der Waals surface area contributed by atoms with Crippen molar-refractivity contribution in [2.75, 3.05) is 55.8 Å². The molecule has 4 heterocycles. The lowest BCUT2D eigenvalue weighted by molar-refractivity contribution is -0.384. The number of piperazine rings is 2. The molecule has 1 N–H and O–H groups in total. The van der Waals surface area contributed by atoms with Gasteiger partial charge in [0.05, 0.1) is 39.5 Å². The van der Waals surface area contributed by atoms with Crippen LogP contribution in [0.4, 0.5) is 30.2 Å². The number of nitrogens with one attached hydrogen (secondary N) is 1. The zero-order chi connectivity index (χ0) is 46.9. The summed E-state index contributed by atoms with van der Waals surface area (Å²) in [5.41, 5.74) is 6.17. The number of benzene rings is 4.